The maximum absolute atomic E-state index is 12.8. The summed E-state index contributed by atoms with van der Waals surface area (Å²) in [5, 5.41) is 11.0. The number of carbonyl (C=O) groups excluding carboxylic acids is 4. The minimum atomic E-state index is -2.47. The summed E-state index contributed by atoms with van der Waals surface area (Å²) in [5.74, 6) is -5.71. The van der Waals surface area contributed by atoms with E-state index in [1.165, 1.54) is 0 Å². The van der Waals surface area contributed by atoms with Gasteiger partial charge in [-0.05, 0) is 38.2 Å². The topological polar surface area (TPSA) is 88.5 Å². The zero-order chi connectivity index (χ0) is 20.2. The van der Waals surface area contributed by atoms with E-state index in [0.29, 0.717) is 0 Å². The van der Waals surface area contributed by atoms with Crippen molar-refractivity contribution in [2.24, 2.45) is 23.7 Å². The van der Waals surface area contributed by atoms with Crippen LogP contribution in [0.25, 0.3) is 0 Å². The fourth-order valence-electron chi connectivity index (χ4n) is 3.09. The van der Waals surface area contributed by atoms with E-state index in [1.807, 2.05) is 41.5 Å². The highest BCUT2D eigenvalue weighted by atomic mass is 16.3. The van der Waals surface area contributed by atoms with E-state index in [0.717, 1.165) is 11.6 Å². The molecule has 0 saturated heterocycles. The van der Waals surface area contributed by atoms with E-state index in [-0.39, 0.29) is 24.7 Å². The van der Waals surface area contributed by atoms with Crippen molar-refractivity contribution in [1.29, 1.82) is 0 Å². The molecule has 1 saturated carbocycles. The van der Waals surface area contributed by atoms with E-state index in [9.17, 15) is 24.3 Å². The van der Waals surface area contributed by atoms with Crippen molar-refractivity contribution in [2.75, 3.05) is 0 Å². The normalized spacial score (nSPS) is 26.2. The van der Waals surface area contributed by atoms with Crippen LogP contribution in [-0.4, -0.2) is 33.8 Å². The van der Waals surface area contributed by atoms with Crippen molar-refractivity contribution in [3.63, 3.8) is 0 Å². The molecule has 0 amide bonds. The zero-order valence-electron chi connectivity index (χ0n) is 16.5. The Hall–Kier alpha value is -1.88. The van der Waals surface area contributed by atoms with E-state index in [2.05, 4.69) is 0 Å². The van der Waals surface area contributed by atoms with Crippen LogP contribution in [-0.2, 0) is 19.2 Å². The smallest absolute Gasteiger partial charge is 0.196 e. The van der Waals surface area contributed by atoms with Gasteiger partial charge in [-0.3, -0.25) is 19.2 Å². The van der Waals surface area contributed by atoms with Gasteiger partial charge in [0.2, 0.25) is 0 Å². The molecule has 1 rings (SSSR count). The summed E-state index contributed by atoms with van der Waals surface area (Å²) in [6.45, 7) is 11.0. The highest BCUT2D eigenvalue weighted by molar-refractivity contribution is 6.34. The average Bonchev–Trinajstić information content (AvgIpc) is 2.69. The summed E-state index contributed by atoms with van der Waals surface area (Å²) in [6, 6.07) is 0. The van der Waals surface area contributed by atoms with Crippen LogP contribution in [0.1, 0.15) is 54.4 Å². The average molecular weight is 362 g/mol. The lowest BCUT2D eigenvalue weighted by Crippen LogP contribution is -2.49. The Bertz CT molecular complexity index is 649. The fourth-order valence-corrected chi connectivity index (χ4v) is 3.09. The summed E-state index contributed by atoms with van der Waals surface area (Å²) in [6.07, 6.45) is 4.54. The van der Waals surface area contributed by atoms with Crippen molar-refractivity contribution in [2.45, 2.75) is 60.0 Å². The lowest BCUT2D eigenvalue weighted by atomic mass is 9.82. The molecule has 1 fully saturated rings. The second-order valence-corrected chi connectivity index (χ2v) is 8.07. The number of carbonyl (C=O) groups is 4. The second-order valence-electron chi connectivity index (χ2n) is 8.07. The van der Waals surface area contributed by atoms with Crippen LogP contribution in [0.15, 0.2) is 23.8 Å². The van der Waals surface area contributed by atoms with Gasteiger partial charge in [0.25, 0.3) is 0 Å². The quantitative estimate of drug-likeness (QED) is 0.407. The number of hydrogen-bond donors (Lipinski definition) is 1. The van der Waals surface area contributed by atoms with Gasteiger partial charge >= 0.3 is 0 Å². The molecular formula is C21H30O5. The van der Waals surface area contributed by atoms with Crippen LogP contribution in [0.5, 0.6) is 0 Å². The molecule has 3 unspecified atom stereocenters. The van der Waals surface area contributed by atoms with Crippen molar-refractivity contribution in [1.82, 2.24) is 0 Å². The van der Waals surface area contributed by atoms with Crippen LogP contribution in [0.2, 0.25) is 0 Å². The highest BCUT2D eigenvalue weighted by Crippen LogP contribution is 2.39. The molecule has 1 aliphatic rings. The first-order valence-electron chi connectivity index (χ1n) is 9.12. The summed E-state index contributed by atoms with van der Waals surface area (Å²) >= 11 is 0. The molecule has 144 valence electrons. The Morgan fingerprint density at radius 3 is 2.19 bits per heavy atom. The van der Waals surface area contributed by atoms with Gasteiger partial charge in [-0.1, -0.05) is 45.4 Å². The van der Waals surface area contributed by atoms with Gasteiger partial charge in [-0.25, -0.2) is 0 Å². The molecule has 5 heteroatoms. The Kier molecular flexibility index (Phi) is 7.39. The van der Waals surface area contributed by atoms with Crippen molar-refractivity contribution in [3.05, 3.63) is 23.8 Å². The first kappa shape index (κ1) is 22.2. The molecule has 0 heterocycles. The molecule has 0 bridgehead atoms. The van der Waals surface area contributed by atoms with E-state index >= 15 is 0 Å². The highest BCUT2D eigenvalue weighted by Gasteiger charge is 2.63. The van der Waals surface area contributed by atoms with Gasteiger partial charge in [0, 0.05) is 6.42 Å². The van der Waals surface area contributed by atoms with Crippen LogP contribution in [0, 0.1) is 23.7 Å². The summed E-state index contributed by atoms with van der Waals surface area (Å²) in [4.78, 5) is 50.7. The largest absolute Gasteiger partial charge is 0.374 e. The molecule has 0 aromatic heterocycles. The second kappa shape index (κ2) is 8.67. The molecular weight excluding hydrogens is 332 g/mol. The van der Waals surface area contributed by atoms with E-state index in [1.54, 1.807) is 12.2 Å². The van der Waals surface area contributed by atoms with Crippen molar-refractivity contribution < 1.29 is 24.3 Å². The summed E-state index contributed by atoms with van der Waals surface area (Å²) in [5.41, 5.74) is -1.57. The van der Waals surface area contributed by atoms with Crippen LogP contribution >= 0.6 is 0 Å². The summed E-state index contributed by atoms with van der Waals surface area (Å²) in [7, 11) is 0. The third kappa shape index (κ3) is 4.64. The van der Waals surface area contributed by atoms with Crippen LogP contribution < -0.4 is 0 Å². The standard InChI is InChI=1S/C21H30O5/c1-12(2)7-9-15-19(24)18(16(22)11-14(5)6)20(25)21(15,26)17(23)10-8-13(3)4/h7-8,10,13-15,18,26H,9,11H2,1-6H3. The van der Waals surface area contributed by atoms with Crippen LogP contribution in [0.3, 0.4) is 0 Å². The minimum Gasteiger partial charge on any atom is -0.374 e. The molecule has 0 aliphatic heterocycles. The lowest BCUT2D eigenvalue weighted by Gasteiger charge is -2.24. The Morgan fingerprint density at radius 2 is 1.73 bits per heavy atom. The number of hydrogen-bond acceptors (Lipinski definition) is 5. The molecule has 1 aliphatic carbocycles. The zero-order valence-corrected chi connectivity index (χ0v) is 16.5. The van der Waals surface area contributed by atoms with E-state index in [4.69, 9.17) is 0 Å². The molecule has 0 radical (unpaired) electrons. The maximum Gasteiger partial charge on any atom is 0.196 e. The van der Waals surface area contributed by atoms with Crippen molar-refractivity contribution in [3.8, 4) is 0 Å². The van der Waals surface area contributed by atoms with Gasteiger partial charge in [0.15, 0.2) is 28.7 Å². The molecule has 0 aromatic rings. The number of rotatable bonds is 8. The lowest BCUT2D eigenvalue weighted by molar-refractivity contribution is -0.151. The molecule has 1 N–H and O–H groups in total. The minimum absolute atomic E-state index is 0.0236. The third-order valence-corrected chi connectivity index (χ3v) is 4.47. The number of allylic oxidation sites excluding steroid dienone is 3. The third-order valence-electron chi connectivity index (χ3n) is 4.47. The molecule has 5 nitrogen and oxygen atoms in total. The van der Waals surface area contributed by atoms with E-state index < -0.39 is 40.6 Å². The molecule has 26 heavy (non-hydrogen) atoms. The first-order chi connectivity index (χ1) is 11.9. The summed E-state index contributed by atoms with van der Waals surface area (Å²) < 4.78 is 0. The van der Waals surface area contributed by atoms with Gasteiger partial charge in [-0.2, -0.15) is 0 Å². The number of ketones is 4. The number of Topliss-reactive ketones (excluding diaryl/α,β-unsaturated/α-hetero) is 3. The predicted molar refractivity (Wildman–Crippen MR) is 99.4 cm³/mol. The fraction of sp³-hybridized carbons (Fsp3) is 0.619. The first-order valence-corrected chi connectivity index (χ1v) is 9.12. The van der Waals surface area contributed by atoms with Gasteiger partial charge in [0.1, 0.15) is 5.92 Å². The Labute approximate surface area is 155 Å². The SMILES string of the molecule is CC(C)=CCC1C(=O)C(C(=O)CC(C)C)C(=O)C1(O)C(=O)C=CC(C)C. The predicted octanol–water partition coefficient (Wildman–Crippen LogP) is 2.85. The Morgan fingerprint density at radius 1 is 1.15 bits per heavy atom. The molecule has 0 spiro atoms. The van der Waals surface area contributed by atoms with Crippen molar-refractivity contribution >= 4 is 23.1 Å². The van der Waals surface area contributed by atoms with Gasteiger partial charge in [0.05, 0.1) is 5.92 Å². The van der Waals surface area contributed by atoms with Gasteiger partial charge < -0.3 is 5.11 Å². The maximum atomic E-state index is 12.8. The number of aliphatic hydroxyl groups is 1. The Balaban J connectivity index is 3.35. The van der Waals surface area contributed by atoms with Crippen LogP contribution in [0.4, 0.5) is 0 Å². The van der Waals surface area contributed by atoms with Gasteiger partial charge in [-0.15, -0.1) is 0 Å². The monoisotopic (exact) mass is 362 g/mol. The molecule has 3 atom stereocenters. The molecule has 0 aromatic carbocycles.